The minimum Gasteiger partial charge on any atom is -0.495 e. The maximum Gasteiger partial charge on any atom is 0.314 e. The number of aromatic nitrogens is 1. The molecule has 1 saturated carbocycles. The zero-order valence-corrected chi connectivity index (χ0v) is 7.86. The van der Waals surface area contributed by atoms with Crippen LogP contribution in [0.25, 0.3) is 0 Å². The molecule has 1 heterocycles. The van der Waals surface area contributed by atoms with Gasteiger partial charge in [-0.25, -0.2) is 0 Å². The highest BCUT2D eigenvalue weighted by Crippen LogP contribution is 2.51. The first-order chi connectivity index (χ1) is 6.70. The van der Waals surface area contributed by atoms with Gasteiger partial charge in [0, 0.05) is 11.8 Å². The number of hydrogen-bond acceptors (Lipinski definition) is 3. The average Bonchev–Trinajstić information content (AvgIpc) is 2.98. The Balaban J connectivity index is 2.46. The summed E-state index contributed by atoms with van der Waals surface area (Å²) >= 11 is 0. The van der Waals surface area contributed by atoms with Gasteiger partial charge in [0.2, 0.25) is 0 Å². The molecule has 1 aliphatic carbocycles. The second-order valence-corrected chi connectivity index (χ2v) is 3.46. The van der Waals surface area contributed by atoms with Crippen LogP contribution in [-0.4, -0.2) is 23.2 Å². The summed E-state index contributed by atoms with van der Waals surface area (Å²) in [6.07, 6.45) is 4.52. The summed E-state index contributed by atoms with van der Waals surface area (Å²) in [5.41, 5.74) is 0.0244. The van der Waals surface area contributed by atoms with E-state index in [2.05, 4.69) is 4.98 Å². The highest BCUT2D eigenvalue weighted by molar-refractivity contribution is 5.85. The smallest absolute Gasteiger partial charge is 0.314 e. The number of aliphatic carboxylic acids is 1. The molecular weight excluding hydrogens is 182 g/mol. The molecule has 4 heteroatoms. The first-order valence-electron chi connectivity index (χ1n) is 4.42. The van der Waals surface area contributed by atoms with Gasteiger partial charge in [0.1, 0.15) is 5.75 Å². The molecule has 4 nitrogen and oxygen atoms in total. The van der Waals surface area contributed by atoms with E-state index in [4.69, 9.17) is 9.84 Å². The van der Waals surface area contributed by atoms with Crippen molar-refractivity contribution in [2.75, 3.05) is 7.11 Å². The molecule has 1 aliphatic rings. The molecule has 0 amide bonds. The van der Waals surface area contributed by atoms with Gasteiger partial charge in [0.25, 0.3) is 0 Å². The largest absolute Gasteiger partial charge is 0.495 e. The molecular formula is C10H11NO3. The Kier molecular flexibility index (Phi) is 1.91. The van der Waals surface area contributed by atoms with E-state index < -0.39 is 11.4 Å². The summed E-state index contributed by atoms with van der Waals surface area (Å²) in [6.45, 7) is 0. The molecule has 0 aliphatic heterocycles. The van der Waals surface area contributed by atoms with Crippen LogP contribution in [0.5, 0.6) is 5.75 Å². The number of carboxylic acids is 1. The molecule has 0 spiro atoms. The molecule has 74 valence electrons. The maximum atomic E-state index is 11.1. The molecule has 0 unspecified atom stereocenters. The Bertz CT molecular complexity index is 371. The number of hydrogen-bond donors (Lipinski definition) is 1. The van der Waals surface area contributed by atoms with Gasteiger partial charge in [-0.15, -0.1) is 0 Å². The molecule has 0 bridgehead atoms. The van der Waals surface area contributed by atoms with Gasteiger partial charge in [0.05, 0.1) is 18.7 Å². The molecule has 0 aromatic carbocycles. The average molecular weight is 193 g/mol. The predicted molar refractivity (Wildman–Crippen MR) is 49.3 cm³/mol. The predicted octanol–water partition coefficient (Wildman–Crippen LogP) is 1.21. The van der Waals surface area contributed by atoms with Crippen LogP contribution < -0.4 is 4.74 Å². The van der Waals surface area contributed by atoms with Crippen molar-refractivity contribution in [1.29, 1.82) is 0 Å². The van der Waals surface area contributed by atoms with Crippen LogP contribution >= 0.6 is 0 Å². The summed E-state index contributed by atoms with van der Waals surface area (Å²) in [5.74, 6) is -0.214. The third-order valence-electron chi connectivity index (χ3n) is 2.68. The Hall–Kier alpha value is -1.58. The lowest BCUT2D eigenvalue weighted by molar-refractivity contribution is -0.140. The first kappa shape index (κ1) is 8.99. The Labute approximate surface area is 81.5 Å². The van der Waals surface area contributed by atoms with E-state index in [9.17, 15) is 4.79 Å². The lowest BCUT2D eigenvalue weighted by Gasteiger charge is -2.13. The molecule has 2 rings (SSSR count). The molecule has 1 aromatic heterocycles. The van der Waals surface area contributed by atoms with E-state index in [-0.39, 0.29) is 0 Å². The van der Waals surface area contributed by atoms with Crippen LogP contribution in [0.4, 0.5) is 0 Å². The highest BCUT2D eigenvalue weighted by atomic mass is 16.5. The number of pyridine rings is 1. The fourth-order valence-corrected chi connectivity index (χ4v) is 1.66. The third kappa shape index (κ3) is 1.14. The number of rotatable bonds is 3. The van der Waals surface area contributed by atoms with Crippen LogP contribution in [-0.2, 0) is 10.2 Å². The van der Waals surface area contributed by atoms with Crippen LogP contribution in [0.15, 0.2) is 18.5 Å². The fourth-order valence-electron chi connectivity index (χ4n) is 1.66. The number of carbonyl (C=O) groups is 1. The second kappa shape index (κ2) is 2.97. The molecule has 0 saturated heterocycles. The van der Waals surface area contributed by atoms with Crippen LogP contribution in [0.1, 0.15) is 18.4 Å². The molecule has 1 aromatic rings. The van der Waals surface area contributed by atoms with Gasteiger partial charge < -0.3 is 9.84 Å². The quantitative estimate of drug-likeness (QED) is 0.783. The number of methoxy groups -OCH3 is 1. The Morgan fingerprint density at radius 3 is 2.86 bits per heavy atom. The topological polar surface area (TPSA) is 59.4 Å². The van der Waals surface area contributed by atoms with E-state index in [1.54, 1.807) is 18.5 Å². The van der Waals surface area contributed by atoms with Crippen LogP contribution in [0.3, 0.4) is 0 Å². The first-order valence-corrected chi connectivity index (χ1v) is 4.42. The molecule has 1 fully saturated rings. The summed E-state index contributed by atoms with van der Waals surface area (Å²) in [5, 5.41) is 9.10. The summed E-state index contributed by atoms with van der Waals surface area (Å²) in [7, 11) is 1.53. The monoisotopic (exact) mass is 193 g/mol. The van der Waals surface area contributed by atoms with Gasteiger partial charge in [-0.3, -0.25) is 9.78 Å². The highest BCUT2D eigenvalue weighted by Gasteiger charge is 2.53. The van der Waals surface area contributed by atoms with Crippen molar-refractivity contribution in [3.63, 3.8) is 0 Å². The number of carboxylic acid groups (broad SMARTS) is 1. The number of nitrogens with zero attached hydrogens (tertiary/aromatic N) is 1. The van der Waals surface area contributed by atoms with Gasteiger partial charge in [-0.2, -0.15) is 0 Å². The lowest BCUT2D eigenvalue weighted by Crippen LogP contribution is -2.20. The van der Waals surface area contributed by atoms with Crippen molar-refractivity contribution < 1.29 is 14.6 Å². The Morgan fingerprint density at radius 1 is 1.64 bits per heavy atom. The zero-order chi connectivity index (χ0) is 10.2. The molecule has 14 heavy (non-hydrogen) atoms. The van der Waals surface area contributed by atoms with Crippen molar-refractivity contribution in [3.05, 3.63) is 24.0 Å². The summed E-state index contributed by atoms with van der Waals surface area (Å²) < 4.78 is 5.10. The molecule has 0 atom stereocenters. The van der Waals surface area contributed by atoms with Crippen molar-refractivity contribution in [2.45, 2.75) is 18.3 Å². The van der Waals surface area contributed by atoms with Crippen molar-refractivity contribution in [3.8, 4) is 5.75 Å². The van der Waals surface area contributed by atoms with E-state index >= 15 is 0 Å². The van der Waals surface area contributed by atoms with E-state index in [1.165, 1.54) is 7.11 Å². The van der Waals surface area contributed by atoms with E-state index in [1.807, 2.05) is 0 Å². The van der Waals surface area contributed by atoms with Gasteiger partial charge in [-0.05, 0) is 18.9 Å². The van der Waals surface area contributed by atoms with Crippen molar-refractivity contribution >= 4 is 5.97 Å². The normalized spacial score (nSPS) is 17.5. The molecule has 1 N–H and O–H groups in total. The van der Waals surface area contributed by atoms with Gasteiger partial charge >= 0.3 is 5.97 Å². The standard InChI is InChI=1S/C10H11NO3/c1-14-8-6-11-5-2-7(8)10(3-4-10)9(12)13/h2,5-6H,3-4H2,1H3,(H,12,13). The van der Waals surface area contributed by atoms with E-state index in [0.29, 0.717) is 18.6 Å². The summed E-state index contributed by atoms with van der Waals surface area (Å²) in [4.78, 5) is 15.0. The minimum atomic E-state index is -0.776. The van der Waals surface area contributed by atoms with Crippen molar-refractivity contribution in [1.82, 2.24) is 4.98 Å². The van der Waals surface area contributed by atoms with Crippen LogP contribution in [0, 0.1) is 0 Å². The second-order valence-electron chi connectivity index (χ2n) is 3.46. The maximum absolute atomic E-state index is 11.1. The molecule has 0 radical (unpaired) electrons. The Morgan fingerprint density at radius 2 is 2.36 bits per heavy atom. The van der Waals surface area contributed by atoms with E-state index in [0.717, 1.165) is 5.56 Å². The lowest BCUT2D eigenvalue weighted by atomic mass is 9.96. The van der Waals surface area contributed by atoms with Crippen molar-refractivity contribution in [2.24, 2.45) is 0 Å². The van der Waals surface area contributed by atoms with Gasteiger partial charge in [0.15, 0.2) is 0 Å². The van der Waals surface area contributed by atoms with Crippen LogP contribution in [0.2, 0.25) is 0 Å². The van der Waals surface area contributed by atoms with Gasteiger partial charge in [-0.1, -0.05) is 0 Å². The fraction of sp³-hybridized carbons (Fsp3) is 0.400. The zero-order valence-electron chi connectivity index (χ0n) is 7.86. The third-order valence-corrected chi connectivity index (χ3v) is 2.68. The minimum absolute atomic E-state index is 0.562. The summed E-state index contributed by atoms with van der Waals surface area (Å²) in [6, 6.07) is 1.72. The SMILES string of the molecule is COc1cnccc1C1(C(=O)O)CC1. The number of ether oxygens (including phenoxy) is 1.